The Morgan fingerprint density at radius 2 is 2.38 bits per heavy atom. The molecule has 2 aromatic heterocycles. The topological polar surface area (TPSA) is 56.7 Å². The van der Waals surface area contributed by atoms with Gasteiger partial charge in [-0.3, -0.25) is 0 Å². The average molecular weight is 236 g/mol. The summed E-state index contributed by atoms with van der Waals surface area (Å²) in [6, 6.07) is 0.158. The molecular formula is C11H16N4S. The number of hydrogen-bond acceptors (Lipinski definition) is 4. The molecule has 86 valence electrons. The van der Waals surface area contributed by atoms with Gasteiger partial charge in [-0.05, 0) is 13.8 Å². The largest absolute Gasteiger partial charge is 0.330 e. The van der Waals surface area contributed by atoms with Crippen molar-refractivity contribution in [3.63, 3.8) is 0 Å². The number of imidazole rings is 1. The Balaban J connectivity index is 2.02. The molecule has 2 heterocycles. The first-order chi connectivity index (χ1) is 7.63. The number of rotatable bonds is 4. The Kier molecular flexibility index (Phi) is 3.36. The Hall–Kier alpha value is -1.20. The maximum Gasteiger partial charge on any atom is 0.113 e. The fourth-order valence-electron chi connectivity index (χ4n) is 1.56. The summed E-state index contributed by atoms with van der Waals surface area (Å²) >= 11 is 1.68. The second-order valence-corrected chi connectivity index (χ2v) is 5.04. The van der Waals surface area contributed by atoms with E-state index in [2.05, 4.69) is 19.9 Å². The van der Waals surface area contributed by atoms with E-state index in [4.69, 9.17) is 5.73 Å². The molecule has 1 unspecified atom stereocenters. The van der Waals surface area contributed by atoms with E-state index < -0.39 is 0 Å². The normalized spacial score (nSPS) is 12.9. The standard InChI is InChI=1S/C11H16N4S/c1-8(12)3-10-4-15(7-13-10)5-11-14-9(2)6-16-11/h4,6-8H,3,5,12H2,1-2H3. The summed E-state index contributed by atoms with van der Waals surface area (Å²) < 4.78 is 2.05. The highest BCUT2D eigenvalue weighted by molar-refractivity contribution is 7.09. The van der Waals surface area contributed by atoms with Gasteiger partial charge in [0.15, 0.2) is 0 Å². The first-order valence-electron chi connectivity index (χ1n) is 5.30. The van der Waals surface area contributed by atoms with Crippen molar-refractivity contribution in [1.82, 2.24) is 14.5 Å². The third kappa shape index (κ3) is 2.90. The van der Waals surface area contributed by atoms with Crippen LogP contribution in [-0.2, 0) is 13.0 Å². The van der Waals surface area contributed by atoms with Gasteiger partial charge in [0.25, 0.3) is 0 Å². The van der Waals surface area contributed by atoms with Crippen molar-refractivity contribution in [3.8, 4) is 0 Å². The Bertz CT molecular complexity index is 458. The van der Waals surface area contributed by atoms with E-state index in [1.165, 1.54) is 0 Å². The van der Waals surface area contributed by atoms with Crippen molar-refractivity contribution >= 4 is 11.3 Å². The summed E-state index contributed by atoms with van der Waals surface area (Å²) in [5, 5.41) is 3.18. The maximum absolute atomic E-state index is 5.73. The Labute approximate surface area is 99.2 Å². The molecule has 0 aromatic carbocycles. The zero-order valence-electron chi connectivity index (χ0n) is 9.55. The number of nitrogens with two attached hydrogens (primary N) is 1. The summed E-state index contributed by atoms with van der Waals surface area (Å²) in [6.45, 7) is 4.79. The lowest BCUT2D eigenvalue weighted by Crippen LogP contribution is -2.17. The Morgan fingerprint density at radius 1 is 1.56 bits per heavy atom. The van der Waals surface area contributed by atoms with Crippen LogP contribution in [0.3, 0.4) is 0 Å². The molecule has 2 rings (SSSR count). The molecular weight excluding hydrogens is 220 g/mol. The smallest absolute Gasteiger partial charge is 0.113 e. The molecule has 0 fully saturated rings. The molecule has 0 radical (unpaired) electrons. The number of thiazole rings is 1. The number of hydrogen-bond donors (Lipinski definition) is 1. The lowest BCUT2D eigenvalue weighted by molar-refractivity contribution is 0.723. The average Bonchev–Trinajstić information content (AvgIpc) is 2.76. The van der Waals surface area contributed by atoms with E-state index in [1.54, 1.807) is 11.3 Å². The highest BCUT2D eigenvalue weighted by atomic mass is 32.1. The fraction of sp³-hybridized carbons (Fsp3) is 0.455. The van der Waals surface area contributed by atoms with E-state index in [0.717, 1.165) is 29.4 Å². The second-order valence-electron chi connectivity index (χ2n) is 4.10. The molecule has 0 spiro atoms. The molecule has 0 aliphatic heterocycles. The van der Waals surface area contributed by atoms with Crippen LogP contribution in [0.5, 0.6) is 0 Å². The third-order valence-electron chi connectivity index (χ3n) is 2.20. The quantitative estimate of drug-likeness (QED) is 0.877. The number of aromatic nitrogens is 3. The minimum atomic E-state index is 0.158. The van der Waals surface area contributed by atoms with E-state index in [-0.39, 0.29) is 6.04 Å². The first-order valence-corrected chi connectivity index (χ1v) is 6.18. The van der Waals surface area contributed by atoms with E-state index in [0.29, 0.717) is 0 Å². The van der Waals surface area contributed by atoms with E-state index in [9.17, 15) is 0 Å². The molecule has 0 saturated carbocycles. The fourth-order valence-corrected chi connectivity index (χ4v) is 2.34. The zero-order valence-corrected chi connectivity index (χ0v) is 10.4. The molecule has 5 heteroatoms. The van der Waals surface area contributed by atoms with Crippen molar-refractivity contribution in [2.45, 2.75) is 32.9 Å². The van der Waals surface area contributed by atoms with Gasteiger partial charge in [-0.1, -0.05) is 0 Å². The van der Waals surface area contributed by atoms with Crippen molar-refractivity contribution in [2.75, 3.05) is 0 Å². The minimum Gasteiger partial charge on any atom is -0.330 e. The van der Waals surface area contributed by atoms with Crippen LogP contribution in [0.25, 0.3) is 0 Å². The van der Waals surface area contributed by atoms with Crippen LogP contribution in [0.1, 0.15) is 23.3 Å². The van der Waals surface area contributed by atoms with Gasteiger partial charge in [0.1, 0.15) is 5.01 Å². The van der Waals surface area contributed by atoms with Crippen LogP contribution in [-0.4, -0.2) is 20.6 Å². The summed E-state index contributed by atoms with van der Waals surface area (Å²) in [6.07, 6.45) is 4.71. The molecule has 2 aromatic rings. The molecule has 0 bridgehead atoms. The number of aryl methyl sites for hydroxylation is 1. The SMILES string of the molecule is Cc1csc(Cn2cnc(CC(C)N)c2)n1. The summed E-state index contributed by atoms with van der Waals surface area (Å²) in [5.74, 6) is 0. The highest BCUT2D eigenvalue weighted by Gasteiger charge is 2.04. The third-order valence-corrected chi connectivity index (χ3v) is 3.15. The van der Waals surface area contributed by atoms with Gasteiger partial charge < -0.3 is 10.3 Å². The van der Waals surface area contributed by atoms with Gasteiger partial charge in [0.2, 0.25) is 0 Å². The van der Waals surface area contributed by atoms with Crippen molar-refractivity contribution in [2.24, 2.45) is 5.73 Å². The number of nitrogens with zero attached hydrogens (tertiary/aromatic N) is 3. The van der Waals surface area contributed by atoms with Gasteiger partial charge >= 0.3 is 0 Å². The molecule has 4 nitrogen and oxygen atoms in total. The molecule has 0 saturated heterocycles. The summed E-state index contributed by atoms with van der Waals surface area (Å²) in [4.78, 5) is 8.74. The molecule has 0 aliphatic carbocycles. The van der Waals surface area contributed by atoms with Crippen LogP contribution >= 0.6 is 11.3 Å². The van der Waals surface area contributed by atoms with Crippen molar-refractivity contribution < 1.29 is 0 Å². The molecule has 2 N–H and O–H groups in total. The molecule has 0 amide bonds. The summed E-state index contributed by atoms with van der Waals surface area (Å²) in [5.41, 5.74) is 7.85. The van der Waals surface area contributed by atoms with Gasteiger partial charge in [0.05, 0.1) is 18.6 Å². The van der Waals surface area contributed by atoms with E-state index in [1.807, 2.05) is 26.4 Å². The second kappa shape index (κ2) is 4.76. The van der Waals surface area contributed by atoms with Crippen molar-refractivity contribution in [1.29, 1.82) is 0 Å². The van der Waals surface area contributed by atoms with Gasteiger partial charge in [-0.2, -0.15) is 0 Å². The maximum atomic E-state index is 5.73. The molecule has 0 aliphatic rings. The van der Waals surface area contributed by atoms with Crippen LogP contribution < -0.4 is 5.73 Å². The van der Waals surface area contributed by atoms with Crippen LogP contribution in [0.2, 0.25) is 0 Å². The van der Waals surface area contributed by atoms with Gasteiger partial charge in [-0.25, -0.2) is 9.97 Å². The Morgan fingerprint density at radius 3 is 3.00 bits per heavy atom. The van der Waals surface area contributed by atoms with Crippen molar-refractivity contribution in [3.05, 3.63) is 34.3 Å². The monoisotopic (exact) mass is 236 g/mol. The first kappa shape index (κ1) is 11.3. The lowest BCUT2D eigenvalue weighted by atomic mass is 10.2. The lowest BCUT2D eigenvalue weighted by Gasteiger charge is -2.00. The van der Waals surface area contributed by atoms with Crippen LogP contribution in [0.4, 0.5) is 0 Å². The van der Waals surface area contributed by atoms with Gasteiger partial charge in [-0.15, -0.1) is 11.3 Å². The predicted molar refractivity (Wildman–Crippen MR) is 65.5 cm³/mol. The molecule has 16 heavy (non-hydrogen) atoms. The minimum absolute atomic E-state index is 0.158. The van der Waals surface area contributed by atoms with Crippen LogP contribution in [0.15, 0.2) is 17.9 Å². The predicted octanol–water partition coefficient (Wildman–Crippen LogP) is 1.59. The molecule has 1 atom stereocenters. The van der Waals surface area contributed by atoms with E-state index >= 15 is 0 Å². The van der Waals surface area contributed by atoms with Crippen LogP contribution in [0, 0.1) is 6.92 Å². The summed E-state index contributed by atoms with van der Waals surface area (Å²) in [7, 11) is 0. The highest BCUT2D eigenvalue weighted by Crippen LogP contribution is 2.11. The van der Waals surface area contributed by atoms with Gasteiger partial charge in [0, 0.05) is 29.7 Å². The zero-order chi connectivity index (χ0) is 11.5.